The van der Waals surface area contributed by atoms with Gasteiger partial charge in [-0.1, -0.05) is 11.6 Å². The molecule has 1 fully saturated rings. The molecule has 23 heavy (non-hydrogen) atoms. The van der Waals surface area contributed by atoms with Gasteiger partial charge in [-0.3, -0.25) is 15.5 Å². The minimum atomic E-state index is -0.722. The highest BCUT2D eigenvalue weighted by Crippen LogP contribution is 2.32. The van der Waals surface area contributed by atoms with Crippen LogP contribution in [0.2, 0.25) is 5.02 Å². The third-order valence-electron chi connectivity index (χ3n) is 3.16. The Labute approximate surface area is 142 Å². The lowest BCUT2D eigenvalue weighted by Gasteiger charge is -2.11. The molecule has 1 aromatic rings. The Balaban J connectivity index is 1.92. The van der Waals surface area contributed by atoms with E-state index in [2.05, 4.69) is 15.8 Å². The summed E-state index contributed by atoms with van der Waals surface area (Å²) in [6.45, 7) is 1.34. The van der Waals surface area contributed by atoms with Gasteiger partial charge in [0.25, 0.3) is 0 Å². The molecule has 0 saturated carbocycles. The summed E-state index contributed by atoms with van der Waals surface area (Å²) in [4.78, 5) is 10.1. The van der Waals surface area contributed by atoms with Crippen LogP contribution in [0.4, 0.5) is 5.69 Å². The first kappa shape index (κ1) is 17.4. The van der Waals surface area contributed by atoms with E-state index in [9.17, 15) is 15.2 Å². The summed E-state index contributed by atoms with van der Waals surface area (Å²) in [5, 5.41) is 27.8. The van der Waals surface area contributed by atoms with Crippen molar-refractivity contribution in [3.05, 3.63) is 32.8 Å². The van der Waals surface area contributed by atoms with Crippen LogP contribution in [0.1, 0.15) is 18.4 Å². The number of phenols is 1. The van der Waals surface area contributed by atoms with E-state index in [1.165, 1.54) is 12.3 Å². The van der Waals surface area contributed by atoms with Gasteiger partial charge in [0, 0.05) is 29.8 Å². The highest BCUT2D eigenvalue weighted by Gasteiger charge is 2.18. The van der Waals surface area contributed by atoms with Gasteiger partial charge < -0.3 is 15.2 Å². The van der Waals surface area contributed by atoms with Crippen molar-refractivity contribution in [1.82, 2.24) is 10.7 Å². The summed E-state index contributed by atoms with van der Waals surface area (Å²) in [5.41, 5.74) is 2.18. The minimum absolute atomic E-state index is 0.110. The number of nitrogens with zero attached hydrogens (tertiary/aromatic N) is 2. The quantitative estimate of drug-likeness (QED) is 0.319. The van der Waals surface area contributed by atoms with Gasteiger partial charge in [0.2, 0.25) is 5.75 Å². The molecule has 0 amide bonds. The zero-order valence-electron chi connectivity index (χ0n) is 12.0. The van der Waals surface area contributed by atoms with Crippen molar-refractivity contribution in [2.45, 2.75) is 18.9 Å². The van der Waals surface area contributed by atoms with E-state index in [1.54, 1.807) is 0 Å². The van der Waals surface area contributed by atoms with Crippen LogP contribution >= 0.6 is 23.8 Å². The van der Waals surface area contributed by atoms with Crippen LogP contribution in [0, 0.1) is 10.1 Å². The average Bonchev–Trinajstić information content (AvgIpc) is 3.01. The van der Waals surface area contributed by atoms with Crippen molar-refractivity contribution >= 4 is 40.8 Å². The second-order valence-electron chi connectivity index (χ2n) is 4.83. The molecule has 0 spiro atoms. The molecular formula is C13H15ClN4O4S. The molecule has 2 rings (SSSR count). The smallest absolute Gasteiger partial charge is 0.312 e. The lowest BCUT2D eigenvalue weighted by Crippen LogP contribution is -2.37. The molecule has 124 valence electrons. The van der Waals surface area contributed by atoms with Gasteiger partial charge in [0.15, 0.2) is 5.11 Å². The Bertz CT molecular complexity index is 635. The van der Waals surface area contributed by atoms with Gasteiger partial charge in [-0.25, -0.2) is 0 Å². The van der Waals surface area contributed by atoms with Gasteiger partial charge in [0.05, 0.1) is 17.2 Å². The molecule has 0 radical (unpaired) electrons. The van der Waals surface area contributed by atoms with E-state index < -0.39 is 16.4 Å². The van der Waals surface area contributed by atoms with Crippen LogP contribution in [0.5, 0.6) is 5.75 Å². The number of nitro groups is 1. The predicted molar refractivity (Wildman–Crippen MR) is 90.1 cm³/mol. The molecule has 8 nitrogen and oxygen atoms in total. The number of hydrogen-bond acceptors (Lipinski definition) is 6. The van der Waals surface area contributed by atoms with Gasteiger partial charge in [-0.05, 0) is 31.1 Å². The largest absolute Gasteiger partial charge is 0.502 e. The zero-order chi connectivity index (χ0) is 16.8. The molecule has 1 heterocycles. The first-order valence-electron chi connectivity index (χ1n) is 6.83. The maximum Gasteiger partial charge on any atom is 0.312 e. The molecule has 1 aliphatic heterocycles. The normalized spacial score (nSPS) is 17.3. The van der Waals surface area contributed by atoms with Crippen molar-refractivity contribution in [3.8, 4) is 5.75 Å². The predicted octanol–water partition coefficient (Wildman–Crippen LogP) is 1.93. The van der Waals surface area contributed by atoms with Crippen molar-refractivity contribution in [2.24, 2.45) is 5.10 Å². The SMILES string of the molecule is O=[N+]([O-])c1cc(Cl)cc(C=NNC(=S)NCC2CCCO2)c1O. The second kappa shape index (κ2) is 8.04. The number of benzene rings is 1. The maximum absolute atomic E-state index is 10.8. The number of hydrazone groups is 1. The van der Waals surface area contributed by atoms with E-state index in [4.69, 9.17) is 28.6 Å². The molecule has 1 saturated heterocycles. The molecule has 10 heteroatoms. The fraction of sp³-hybridized carbons (Fsp3) is 0.385. The molecule has 0 aromatic heterocycles. The van der Waals surface area contributed by atoms with Crippen molar-refractivity contribution < 1.29 is 14.8 Å². The first-order valence-corrected chi connectivity index (χ1v) is 7.61. The Kier molecular flexibility index (Phi) is 6.08. The van der Waals surface area contributed by atoms with Crippen LogP contribution in [0.15, 0.2) is 17.2 Å². The van der Waals surface area contributed by atoms with Crippen LogP contribution < -0.4 is 10.7 Å². The highest BCUT2D eigenvalue weighted by atomic mass is 35.5. The number of phenolic OH excluding ortho intramolecular Hbond substituents is 1. The van der Waals surface area contributed by atoms with E-state index in [1.807, 2.05) is 0 Å². The van der Waals surface area contributed by atoms with Crippen molar-refractivity contribution in [1.29, 1.82) is 0 Å². The Morgan fingerprint density at radius 3 is 3.09 bits per heavy atom. The van der Waals surface area contributed by atoms with E-state index in [0.717, 1.165) is 25.5 Å². The Morgan fingerprint density at radius 2 is 2.43 bits per heavy atom. The van der Waals surface area contributed by atoms with Gasteiger partial charge in [-0.15, -0.1) is 0 Å². The summed E-state index contributed by atoms with van der Waals surface area (Å²) >= 11 is 10.8. The van der Waals surface area contributed by atoms with E-state index in [0.29, 0.717) is 6.54 Å². The summed E-state index contributed by atoms with van der Waals surface area (Å²) in [7, 11) is 0. The van der Waals surface area contributed by atoms with Crippen LogP contribution in [-0.4, -0.2) is 40.6 Å². The molecule has 3 N–H and O–H groups in total. The van der Waals surface area contributed by atoms with Crippen molar-refractivity contribution in [2.75, 3.05) is 13.2 Å². The Hall–Kier alpha value is -1.97. The average molecular weight is 359 g/mol. The lowest BCUT2D eigenvalue weighted by atomic mass is 10.2. The summed E-state index contributed by atoms with van der Waals surface area (Å²) in [6, 6.07) is 2.42. The zero-order valence-corrected chi connectivity index (χ0v) is 13.6. The Morgan fingerprint density at radius 1 is 1.65 bits per heavy atom. The molecule has 1 aromatic carbocycles. The molecule has 1 aliphatic rings. The fourth-order valence-electron chi connectivity index (χ4n) is 2.05. The molecule has 0 aliphatic carbocycles. The van der Waals surface area contributed by atoms with Crippen LogP contribution in [0.25, 0.3) is 0 Å². The first-order chi connectivity index (χ1) is 11.0. The number of aromatic hydroxyl groups is 1. The number of thiocarbonyl (C=S) groups is 1. The number of ether oxygens (including phenoxy) is 1. The summed E-state index contributed by atoms with van der Waals surface area (Å²) in [6.07, 6.45) is 3.36. The maximum atomic E-state index is 10.8. The standard InChI is InChI=1S/C13H15ClN4O4S/c14-9-4-8(12(19)11(5-9)18(20)21)6-16-17-13(23)15-7-10-2-1-3-22-10/h4-6,10,19H,1-3,7H2,(H2,15,17,23). The molecule has 0 bridgehead atoms. The third-order valence-corrected chi connectivity index (χ3v) is 3.62. The number of hydrogen-bond donors (Lipinski definition) is 3. The number of nitrogens with one attached hydrogen (secondary N) is 2. The highest BCUT2D eigenvalue weighted by molar-refractivity contribution is 7.80. The topological polar surface area (TPSA) is 109 Å². The molecule has 1 atom stereocenters. The monoisotopic (exact) mass is 358 g/mol. The van der Waals surface area contributed by atoms with Crippen LogP contribution in [0.3, 0.4) is 0 Å². The third kappa shape index (κ3) is 5.02. The van der Waals surface area contributed by atoms with Crippen molar-refractivity contribution in [3.63, 3.8) is 0 Å². The summed E-state index contributed by atoms with van der Waals surface area (Å²) in [5.74, 6) is -0.511. The van der Waals surface area contributed by atoms with E-state index in [-0.39, 0.29) is 21.8 Å². The van der Waals surface area contributed by atoms with Gasteiger partial charge in [-0.2, -0.15) is 5.10 Å². The van der Waals surface area contributed by atoms with E-state index >= 15 is 0 Å². The molecule has 1 unspecified atom stereocenters. The number of nitro benzene ring substituents is 1. The van der Waals surface area contributed by atoms with Gasteiger partial charge >= 0.3 is 5.69 Å². The number of halogens is 1. The lowest BCUT2D eigenvalue weighted by molar-refractivity contribution is -0.385. The second-order valence-corrected chi connectivity index (χ2v) is 5.68. The fourth-order valence-corrected chi connectivity index (χ4v) is 2.41. The van der Waals surface area contributed by atoms with Crippen LogP contribution in [-0.2, 0) is 4.74 Å². The molecular weight excluding hydrogens is 344 g/mol. The van der Waals surface area contributed by atoms with Gasteiger partial charge in [0.1, 0.15) is 0 Å². The minimum Gasteiger partial charge on any atom is -0.502 e. The summed E-state index contributed by atoms with van der Waals surface area (Å²) < 4.78 is 5.44. The number of rotatable bonds is 5.